The number of halogens is 2. The molecule has 0 bridgehead atoms. The first-order chi connectivity index (χ1) is 12.5. The Morgan fingerprint density at radius 1 is 1.50 bits per heavy atom. The van der Waals surface area contributed by atoms with Crippen LogP contribution >= 0.6 is 11.8 Å². The predicted molar refractivity (Wildman–Crippen MR) is 104 cm³/mol. The quantitative estimate of drug-likeness (QED) is 0.479. The molecule has 0 aliphatic carbocycles. The molecule has 1 aromatic carbocycles. The molecule has 9 heteroatoms. The lowest BCUT2D eigenvalue weighted by atomic mass is 9.81. The molecule has 0 saturated carbocycles. The van der Waals surface area contributed by atoms with Crippen LogP contribution in [0.1, 0.15) is 5.56 Å². The first kappa shape index (κ1) is 18.4. The Hall–Kier alpha value is -2.42. The van der Waals surface area contributed by atoms with E-state index in [2.05, 4.69) is 21.6 Å². The average molecular weight is 378 g/mol. The Balaban J connectivity index is 2.07. The van der Waals surface area contributed by atoms with E-state index in [1.54, 1.807) is 6.07 Å². The molecule has 2 aliphatic rings. The SMILES string of the molecule is C=CN=C(N=CCF)N1C[C@H]2CSC(N)=N[C@@]2(c2cc(N)ccc2F)C1. The second kappa shape index (κ2) is 7.45. The van der Waals surface area contributed by atoms with Crippen molar-refractivity contribution < 1.29 is 8.78 Å². The second-order valence-electron chi connectivity index (χ2n) is 6.08. The summed E-state index contributed by atoms with van der Waals surface area (Å²) < 4.78 is 27.2. The first-order valence-corrected chi connectivity index (χ1v) is 9.04. The summed E-state index contributed by atoms with van der Waals surface area (Å²) in [7, 11) is 0. The number of amidine groups is 1. The number of thioether (sulfide) groups is 1. The molecule has 0 amide bonds. The van der Waals surface area contributed by atoms with Gasteiger partial charge in [-0.15, -0.1) is 0 Å². The van der Waals surface area contributed by atoms with Crippen LogP contribution in [-0.2, 0) is 5.54 Å². The van der Waals surface area contributed by atoms with Crippen LogP contribution < -0.4 is 11.5 Å². The van der Waals surface area contributed by atoms with E-state index in [4.69, 9.17) is 11.5 Å². The van der Waals surface area contributed by atoms with Gasteiger partial charge in [-0.2, -0.15) is 0 Å². The van der Waals surface area contributed by atoms with Crippen LogP contribution in [0.25, 0.3) is 0 Å². The Kier molecular flexibility index (Phi) is 5.26. The summed E-state index contributed by atoms with van der Waals surface area (Å²) in [5.74, 6) is 0.582. The molecule has 2 aliphatic heterocycles. The van der Waals surface area contributed by atoms with Crippen LogP contribution in [0.2, 0.25) is 0 Å². The molecule has 1 saturated heterocycles. The standard InChI is InChI=1S/C17H20F2N6S/c1-2-22-16(23-6-5-18)25-8-11-9-26-15(21)24-17(11,10-25)13-7-12(20)3-4-14(13)19/h2-4,6-7,11H,1,5,8-10,20H2,(H2,21,24)/t11-,17-/m0/s1. The zero-order chi connectivity index (χ0) is 18.7. The van der Waals surface area contributed by atoms with Gasteiger partial charge in [0.2, 0.25) is 5.96 Å². The van der Waals surface area contributed by atoms with E-state index in [-0.39, 0.29) is 11.7 Å². The third-order valence-corrected chi connectivity index (χ3v) is 5.47. The number of rotatable bonds is 3. The number of likely N-dealkylation sites (tertiary alicyclic amines) is 1. The Labute approximate surface area is 154 Å². The highest BCUT2D eigenvalue weighted by molar-refractivity contribution is 8.13. The fraction of sp³-hybridized carbons (Fsp3) is 0.353. The fourth-order valence-corrected chi connectivity index (χ4v) is 4.40. The van der Waals surface area contributed by atoms with Crippen molar-refractivity contribution >= 4 is 34.8 Å². The summed E-state index contributed by atoms with van der Waals surface area (Å²) in [6.45, 7) is 3.72. The zero-order valence-corrected chi connectivity index (χ0v) is 14.9. The zero-order valence-electron chi connectivity index (χ0n) is 14.1. The first-order valence-electron chi connectivity index (χ1n) is 8.06. The molecule has 1 fully saturated rings. The minimum atomic E-state index is -0.887. The van der Waals surface area contributed by atoms with Crippen molar-refractivity contribution in [3.05, 3.63) is 42.4 Å². The van der Waals surface area contributed by atoms with Gasteiger partial charge in [0, 0.05) is 41.9 Å². The van der Waals surface area contributed by atoms with Gasteiger partial charge in [0.05, 0.1) is 6.54 Å². The molecular formula is C17H20F2N6S. The van der Waals surface area contributed by atoms with Crippen molar-refractivity contribution in [2.75, 3.05) is 31.3 Å². The van der Waals surface area contributed by atoms with E-state index in [1.165, 1.54) is 30.1 Å². The smallest absolute Gasteiger partial charge is 0.225 e. The Bertz CT molecular complexity index is 793. The van der Waals surface area contributed by atoms with E-state index < -0.39 is 12.2 Å². The highest BCUT2D eigenvalue weighted by Crippen LogP contribution is 2.46. The number of benzene rings is 1. The molecular weight excluding hydrogens is 358 g/mol. The summed E-state index contributed by atoms with van der Waals surface area (Å²) in [6.07, 6.45) is 2.47. The largest absolute Gasteiger partial charge is 0.399 e. The number of aliphatic imine (C=N–C) groups is 3. The van der Waals surface area contributed by atoms with Crippen molar-refractivity contribution in [3.8, 4) is 0 Å². The maximum Gasteiger partial charge on any atom is 0.225 e. The normalized spacial score (nSPS) is 26.1. The average Bonchev–Trinajstić information content (AvgIpc) is 3.00. The molecule has 0 spiro atoms. The summed E-state index contributed by atoms with van der Waals surface area (Å²) in [5, 5.41) is 0.402. The fourth-order valence-electron chi connectivity index (χ4n) is 3.42. The van der Waals surface area contributed by atoms with Gasteiger partial charge >= 0.3 is 0 Å². The highest BCUT2D eigenvalue weighted by Gasteiger charge is 2.52. The topological polar surface area (TPSA) is 92.4 Å². The number of nitrogens with zero attached hydrogens (tertiary/aromatic N) is 4. The monoisotopic (exact) mass is 378 g/mol. The molecule has 6 nitrogen and oxygen atoms in total. The molecule has 138 valence electrons. The molecule has 1 aromatic rings. The van der Waals surface area contributed by atoms with Crippen LogP contribution in [0.4, 0.5) is 14.5 Å². The number of nitrogens with two attached hydrogens (primary N) is 2. The number of hydrogen-bond acceptors (Lipinski definition) is 5. The van der Waals surface area contributed by atoms with Gasteiger partial charge in [0.25, 0.3) is 0 Å². The maximum absolute atomic E-state index is 14.7. The lowest BCUT2D eigenvalue weighted by Crippen LogP contribution is -2.41. The minimum absolute atomic E-state index is 0.0216. The molecule has 2 heterocycles. The van der Waals surface area contributed by atoms with Crippen molar-refractivity contribution in [3.63, 3.8) is 0 Å². The highest BCUT2D eigenvalue weighted by atomic mass is 32.2. The number of fused-ring (bicyclic) bond motifs is 1. The number of hydrogen-bond donors (Lipinski definition) is 2. The lowest BCUT2D eigenvalue weighted by Gasteiger charge is -2.34. The van der Waals surface area contributed by atoms with Crippen molar-refractivity contribution in [2.45, 2.75) is 5.54 Å². The molecule has 3 rings (SSSR count). The molecule has 0 radical (unpaired) electrons. The van der Waals surface area contributed by atoms with Gasteiger partial charge < -0.3 is 16.4 Å². The molecule has 2 atom stereocenters. The third kappa shape index (κ3) is 3.31. The minimum Gasteiger partial charge on any atom is -0.399 e. The van der Waals surface area contributed by atoms with Crippen LogP contribution in [0.3, 0.4) is 0 Å². The van der Waals surface area contributed by atoms with E-state index in [0.717, 1.165) is 6.21 Å². The van der Waals surface area contributed by atoms with Gasteiger partial charge in [0.1, 0.15) is 18.0 Å². The van der Waals surface area contributed by atoms with Crippen molar-refractivity contribution in [1.29, 1.82) is 0 Å². The van der Waals surface area contributed by atoms with Gasteiger partial charge in [-0.1, -0.05) is 18.3 Å². The van der Waals surface area contributed by atoms with E-state index in [1.807, 2.05) is 4.90 Å². The van der Waals surface area contributed by atoms with Crippen LogP contribution in [0, 0.1) is 11.7 Å². The van der Waals surface area contributed by atoms with Gasteiger partial charge in [0.15, 0.2) is 5.17 Å². The van der Waals surface area contributed by atoms with Crippen LogP contribution in [0.5, 0.6) is 0 Å². The van der Waals surface area contributed by atoms with Gasteiger partial charge in [-0.25, -0.2) is 23.8 Å². The molecule has 4 N–H and O–H groups in total. The predicted octanol–water partition coefficient (Wildman–Crippen LogP) is 2.14. The lowest BCUT2D eigenvalue weighted by molar-refractivity contribution is 0.365. The number of anilines is 1. The van der Waals surface area contributed by atoms with Crippen molar-refractivity contribution in [2.24, 2.45) is 26.6 Å². The molecule has 0 aromatic heterocycles. The van der Waals surface area contributed by atoms with Crippen LogP contribution in [-0.4, -0.2) is 47.8 Å². The van der Waals surface area contributed by atoms with Gasteiger partial charge in [-0.3, -0.25) is 0 Å². The van der Waals surface area contributed by atoms with Gasteiger partial charge in [-0.05, 0) is 18.2 Å². The van der Waals surface area contributed by atoms with E-state index in [0.29, 0.717) is 41.2 Å². The third-order valence-electron chi connectivity index (χ3n) is 4.51. The van der Waals surface area contributed by atoms with E-state index >= 15 is 0 Å². The second-order valence-corrected chi connectivity index (χ2v) is 7.12. The number of nitrogen functional groups attached to an aromatic ring is 1. The van der Waals surface area contributed by atoms with Crippen molar-refractivity contribution in [1.82, 2.24) is 4.90 Å². The summed E-state index contributed by atoms with van der Waals surface area (Å²) in [6, 6.07) is 4.46. The molecule has 26 heavy (non-hydrogen) atoms. The Morgan fingerprint density at radius 2 is 2.31 bits per heavy atom. The van der Waals surface area contributed by atoms with E-state index in [9.17, 15) is 8.78 Å². The Morgan fingerprint density at radius 3 is 3.04 bits per heavy atom. The number of guanidine groups is 1. The molecule has 0 unspecified atom stereocenters. The summed E-state index contributed by atoms with van der Waals surface area (Å²) in [4.78, 5) is 14.7. The maximum atomic E-state index is 14.7. The number of alkyl halides is 1. The summed E-state index contributed by atoms with van der Waals surface area (Å²) >= 11 is 1.43. The van der Waals surface area contributed by atoms with Crippen LogP contribution in [0.15, 0.2) is 46.0 Å². The summed E-state index contributed by atoms with van der Waals surface area (Å²) in [5.41, 5.74) is 11.8.